The topological polar surface area (TPSA) is 38.3 Å². The molecule has 0 radical (unpaired) electrons. The molecule has 0 atom stereocenters. The van der Waals surface area contributed by atoms with Gasteiger partial charge in [0.2, 0.25) is 0 Å². The minimum atomic E-state index is -0.190. The normalized spacial score (nSPS) is 11.1. The second-order valence-electron chi connectivity index (χ2n) is 3.72. The maximum absolute atomic E-state index is 9.98. The van der Waals surface area contributed by atoms with Crippen LogP contribution < -0.4 is 5.48 Å². The van der Waals surface area contributed by atoms with E-state index in [-0.39, 0.29) is 10.6 Å². The summed E-state index contributed by atoms with van der Waals surface area (Å²) >= 11 is 5.46. The van der Waals surface area contributed by atoms with Crippen molar-refractivity contribution in [3.05, 3.63) is 5.03 Å². The number of hydroxylamine groups is 1. The summed E-state index contributed by atoms with van der Waals surface area (Å²) in [7, 11) is 0. The van der Waals surface area contributed by atoms with Crippen molar-refractivity contribution >= 4 is 17.5 Å². The van der Waals surface area contributed by atoms with Crippen molar-refractivity contribution < 1.29 is 9.63 Å². The molecular formula is C9H16ClNO2. The van der Waals surface area contributed by atoms with E-state index < -0.39 is 0 Å². The molecule has 0 fully saturated rings. The average Bonchev–Trinajstić information content (AvgIpc) is 2.01. The first-order valence-electron chi connectivity index (χ1n) is 4.26. The highest BCUT2D eigenvalue weighted by molar-refractivity contribution is 6.33. The third-order valence-corrected chi connectivity index (χ3v) is 1.43. The van der Waals surface area contributed by atoms with E-state index in [9.17, 15) is 4.79 Å². The molecule has 0 aliphatic rings. The standard InChI is InChI=1S/C9H16ClNO2/c1-9(2,3)13-11-6-4-5-8(10)7-12/h11H,4-6H2,1-3H3. The zero-order valence-corrected chi connectivity index (χ0v) is 9.07. The van der Waals surface area contributed by atoms with Crippen molar-refractivity contribution in [3.8, 4) is 0 Å². The first-order chi connectivity index (χ1) is 5.95. The van der Waals surface area contributed by atoms with E-state index in [0.29, 0.717) is 13.0 Å². The molecule has 0 saturated heterocycles. The van der Waals surface area contributed by atoms with Gasteiger partial charge in [-0.2, -0.15) is 0 Å². The van der Waals surface area contributed by atoms with Crippen molar-refractivity contribution in [1.82, 2.24) is 5.48 Å². The van der Waals surface area contributed by atoms with Crippen molar-refractivity contribution in [3.63, 3.8) is 0 Å². The van der Waals surface area contributed by atoms with Crippen LogP contribution in [0.1, 0.15) is 33.6 Å². The number of rotatable bonds is 5. The van der Waals surface area contributed by atoms with E-state index in [1.54, 1.807) is 5.94 Å². The first-order valence-corrected chi connectivity index (χ1v) is 4.64. The van der Waals surface area contributed by atoms with Gasteiger partial charge in [-0.3, -0.25) is 4.84 Å². The lowest BCUT2D eigenvalue weighted by molar-refractivity contribution is -0.0724. The second-order valence-corrected chi connectivity index (χ2v) is 4.18. The zero-order chi connectivity index (χ0) is 10.3. The van der Waals surface area contributed by atoms with Gasteiger partial charge in [-0.15, -0.1) is 0 Å². The molecule has 0 rings (SSSR count). The third-order valence-electron chi connectivity index (χ3n) is 1.16. The maximum Gasteiger partial charge on any atom is 0.140 e. The van der Waals surface area contributed by atoms with Gasteiger partial charge in [0.25, 0.3) is 0 Å². The lowest BCUT2D eigenvalue weighted by Crippen LogP contribution is -2.29. The van der Waals surface area contributed by atoms with Gasteiger partial charge in [0, 0.05) is 6.54 Å². The van der Waals surface area contributed by atoms with E-state index in [2.05, 4.69) is 5.48 Å². The number of hydrogen-bond donors (Lipinski definition) is 1. The quantitative estimate of drug-likeness (QED) is 0.424. The molecule has 4 heteroatoms. The Balaban J connectivity index is 3.33. The predicted molar refractivity (Wildman–Crippen MR) is 53.1 cm³/mol. The van der Waals surface area contributed by atoms with E-state index in [0.717, 1.165) is 6.42 Å². The van der Waals surface area contributed by atoms with Crippen LogP contribution in [0.4, 0.5) is 0 Å². The molecule has 0 aliphatic heterocycles. The van der Waals surface area contributed by atoms with Crippen molar-refractivity contribution in [2.75, 3.05) is 6.54 Å². The Labute approximate surface area is 84.1 Å². The monoisotopic (exact) mass is 205 g/mol. The van der Waals surface area contributed by atoms with Crippen LogP contribution in [0.15, 0.2) is 5.03 Å². The number of hydrogen-bond acceptors (Lipinski definition) is 3. The Morgan fingerprint density at radius 1 is 1.54 bits per heavy atom. The minimum Gasteiger partial charge on any atom is -0.296 e. The van der Waals surface area contributed by atoms with Gasteiger partial charge in [0.05, 0.1) is 5.60 Å². The van der Waals surface area contributed by atoms with Crippen molar-refractivity contribution in [1.29, 1.82) is 0 Å². The van der Waals surface area contributed by atoms with E-state index >= 15 is 0 Å². The van der Waals surface area contributed by atoms with Crippen LogP contribution in [0.2, 0.25) is 0 Å². The van der Waals surface area contributed by atoms with E-state index in [1.807, 2.05) is 20.8 Å². The van der Waals surface area contributed by atoms with Crippen LogP contribution in [0.3, 0.4) is 0 Å². The molecule has 1 N–H and O–H groups in total. The van der Waals surface area contributed by atoms with Gasteiger partial charge < -0.3 is 0 Å². The molecule has 0 spiro atoms. The van der Waals surface area contributed by atoms with Crippen LogP contribution in [-0.4, -0.2) is 18.1 Å². The van der Waals surface area contributed by atoms with Crippen LogP contribution in [0.5, 0.6) is 0 Å². The zero-order valence-electron chi connectivity index (χ0n) is 8.32. The maximum atomic E-state index is 9.98. The number of nitrogens with one attached hydrogen (secondary N) is 1. The van der Waals surface area contributed by atoms with Crippen LogP contribution >= 0.6 is 11.6 Å². The first kappa shape index (κ1) is 12.7. The fourth-order valence-electron chi connectivity index (χ4n) is 0.634. The van der Waals surface area contributed by atoms with Crippen LogP contribution in [0.25, 0.3) is 0 Å². The van der Waals surface area contributed by atoms with Crippen LogP contribution in [-0.2, 0) is 9.63 Å². The molecule has 0 aromatic carbocycles. The molecule has 13 heavy (non-hydrogen) atoms. The molecule has 0 saturated carbocycles. The van der Waals surface area contributed by atoms with E-state index in [1.165, 1.54) is 0 Å². The van der Waals surface area contributed by atoms with Crippen molar-refractivity contribution in [2.45, 2.75) is 39.2 Å². The van der Waals surface area contributed by atoms with E-state index in [4.69, 9.17) is 16.4 Å². The van der Waals surface area contributed by atoms with Crippen LogP contribution in [0, 0.1) is 0 Å². The summed E-state index contributed by atoms with van der Waals surface area (Å²) in [6.45, 7) is 6.55. The molecule has 0 unspecified atom stereocenters. The lowest BCUT2D eigenvalue weighted by atomic mass is 10.2. The van der Waals surface area contributed by atoms with Gasteiger partial charge in [-0.05, 0) is 33.6 Å². The Bertz CT molecular complexity index is 192. The largest absolute Gasteiger partial charge is 0.296 e. The second kappa shape index (κ2) is 6.17. The van der Waals surface area contributed by atoms with Gasteiger partial charge in [-0.1, -0.05) is 11.6 Å². The molecule has 76 valence electrons. The fraction of sp³-hybridized carbons (Fsp3) is 0.778. The highest BCUT2D eigenvalue weighted by atomic mass is 35.5. The summed E-state index contributed by atoms with van der Waals surface area (Å²) in [6, 6.07) is 0. The van der Waals surface area contributed by atoms with Gasteiger partial charge in [-0.25, -0.2) is 10.3 Å². The smallest absolute Gasteiger partial charge is 0.140 e. The molecule has 0 bridgehead atoms. The highest BCUT2D eigenvalue weighted by Crippen LogP contribution is 2.06. The summed E-state index contributed by atoms with van der Waals surface area (Å²) in [5, 5.41) is 0.234. The number of halogens is 1. The SMILES string of the molecule is CC(C)(C)ONCCCC(Cl)=C=O. The Morgan fingerprint density at radius 2 is 2.15 bits per heavy atom. The number of carbonyl (C=O) groups excluding carboxylic acids is 1. The molecule has 3 nitrogen and oxygen atoms in total. The van der Waals surface area contributed by atoms with Crippen molar-refractivity contribution in [2.24, 2.45) is 0 Å². The summed E-state index contributed by atoms with van der Waals surface area (Å²) < 4.78 is 0. The predicted octanol–water partition coefficient (Wildman–Crippen LogP) is 2.04. The Kier molecular flexibility index (Phi) is 6.00. The molecule has 0 aliphatic carbocycles. The molecule has 0 heterocycles. The molecule has 0 amide bonds. The summed E-state index contributed by atoms with van der Waals surface area (Å²) in [6.07, 6.45) is 1.32. The van der Waals surface area contributed by atoms with Gasteiger partial charge >= 0.3 is 0 Å². The summed E-state index contributed by atoms with van der Waals surface area (Å²) in [4.78, 5) is 15.2. The molecule has 0 aromatic rings. The van der Waals surface area contributed by atoms with Gasteiger partial charge in [0.15, 0.2) is 0 Å². The Hall–Kier alpha value is -0.340. The Morgan fingerprint density at radius 3 is 2.62 bits per heavy atom. The van der Waals surface area contributed by atoms with Gasteiger partial charge in [0.1, 0.15) is 11.0 Å². The summed E-state index contributed by atoms with van der Waals surface area (Å²) in [5.74, 6) is 1.64. The lowest BCUT2D eigenvalue weighted by Gasteiger charge is -2.19. The third kappa shape index (κ3) is 9.57. The minimum absolute atomic E-state index is 0.190. The average molecular weight is 206 g/mol. The highest BCUT2D eigenvalue weighted by Gasteiger charge is 2.09. The molecular weight excluding hydrogens is 190 g/mol. The number of allylic oxidation sites excluding steroid dienone is 1. The fourth-order valence-corrected chi connectivity index (χ4v) is 0.768. The molecule has 0 aromatic heterocycles. The summed E-state index contributed by atoms with van der Waals surface area (Å²) in [5.41, 5.74) is 2.61.